The first-order valence-electron chi connectivity index (χ1n) is 5.46. The molecule has 8 heteroatoms. The van der Waals surface area contributed by atoms with Gasteiger partial charge in [0.25, 0.3) is 0 Å². The molecule has 0 saturated carbocycles. The van der Waals surface area contributed by atoms with Crippen molar-refractivity contribution in [2.45, 2.75) is 31.7 Å². The Hall–Kier alpha value is -1.57. The molecule has 2 atom stereocenters. The Balaban J connectivity index is 2.20. The van der Waals surface area contributed by atoms with Crippen molar-refractivity contribution in [1.82, 2.24) is 9.97 Å². The van der Waals surface area contributed by atoms with Crippen LogP contribution in [0.5, 0.6) is 0 Å². The van der Waals surface area contributed by atoms with E-state index in [0.717, 1.165) is 6.07 Å². The van der Waals surface area contributed by atoms with Crippen molar-refractivity contribution in [3.63, 3.8) is 0 Å². The van der Waals surface area contributed by atoms with E-state index in [9.17, 15) is 13.2 Å². The fourth-order valence-electron chi connectivity index (χ4n) is 1.80. The lowest BCUT2D eigenvalue weighted by atomic mass is 10.1. The van der Waals surface area contributed by atoms with Crippen LogP contribution in [-0.4, -0.2) is 28.7 Å². The molecule has 0 amide bonds. The van der Waals surface area contributed by atoms with E-state index in [1.54, 1.807) is 0 Å². The lowest BCUT2D eigenvalue weighted by molar-refractivity contribution is -0.141. The number of nitrogens with zero attached hydrogens (tertiary/aromatic N) is 2. The number of nitrogens with two attached hydrogens (primary N) is 1. The molecule has 5 nitrogen and oxygen atoms in total. The van der Waals surface area contributed by atoms with Gasteiger partial charge in [0.2, 0.25) is 5.95 Å². The molecule has 1 fully saturated rings. The average molecular weight is 262 g/mol. The number of anilines is 2. The van der Waals surface area contributed by atoms with Crippen LogP contribution in [0.4, 0.5) is 24.9 Å². The highest BCUT2D eigenvalue weighted by Gasteiger charge is 2.34. The molecular weight excluding hydrogens is 249 g/mol. The lowest BCUT2D eigenvalue weighted by Crippen LogP contribution is -2.27. The van der Waals surface area contributed by atoms with Crippen LogP contribution in [0, 0.1) is 0 Å². The first kappa shape index (κ1) is 12.9. The van der Waals surface area contributed by atoms with Crippen molar-refractivity contribution >= 4 is 11.8 Å². The Morgan fingerprint density at radius 2 is 2.17 bits per heavy atom. The molecule has 1 aliphatic rings. The molecule has 1 saturated heterocycles. The highest BCUT2D eigenvalue weighted by Crippen LogP contribution is 2.29. The van der Waals surface area contributed by atoms with Crippen molar-refractivity contribution in [1.29, 1.82) is 0 Å². The average Bonchev–Trinajstić information content (AvgIpc) is 2.62. The summed E-state index contributed by atoms with van der Waals surface area (Å²) in [4.78, 5) is 6.91. The van der Waals surface area contributed by atoms with Crippen LogP contribution in [0.3, 0.4) is 0 Å². The second-order valence-electron chi connectivity index (χ2n) is 4.11. The summed E-state index contributed by atoms with van der Waals surface area (Å²) in [6.07, 6.45) is -3.90. The van der Waals surface area contributed by atoms with Gasteiger partial charge in [0, 0.05) is 12.7 Å². The molecule has 2 rings (SSSR count). The van der Waals surface area contributed by atoms with E-state index in [1.165, 1.54) is 0 Å². The summed E-state index contributed by atoms with van der Waals surface area (Å²) in [5, 5.41) is 2.89. The largest absolute Gasteiger partial charge is 0.433 e. The van der Waals surface area contributed by atoms with E-state index in [-0.39, 0.29) is 18.0 Å². The van der Waals surface area contributed by atoms with Crippen LogP contribution in [0.1, 0.15) is 19.0 Å². The van der Waals surface area contributed by atoms with Gasteiger partial charge in [0.1, 0.15) is 5.82 Å². The van der Waals surface area contributed by atoms with Gasteiger partial charge in [-0.2, -0.15) is 18.2 Å². The highest BCUT2D eigenvalue weighted by atomic mass is 19.4. The number of nitrogen functional groups attached to an aromatic ring is 1. The molecule has 2 unspecified atom stereocenters. The minimum atomic E-state index is -4.54. The summed E-state index contributed by atoms with van der Waals surface area (Å²) in [7, 11) is 0. The zero-order valence-corrected chi connectivity index (χ0v) is 9.66. The summed E-state index contributed by atoms with van der Waals surface area (Å²) in [6.45, 7) is 2.42. The predicted octanol–water partition coefficient (Wildman–Crippen LogP) is 1.67. The third-order valence-electron chi connectivity index (χ3n) is 2.74. The molecule has 3 N–H and O–H groups in total. The molecule has 1 aromatic rings. The SMILES string of the molecule is CC1OCCC1Nc1cc(C(F)(F)F)nc(N)n1. The van der Waals surface area contributed by atoms with Crippen molar-refractivity contribution in [2.24, 2.45) is 0 Å². The quantitative estimate of drug-likeness (QED) is 0.848. The fourth-order valence-corrected chi connectivity index (χ4v) is 1.80. The maximum atomic E-state index is 12.5. The second kappa shape index (κ2) is 4.60. The molecule has 0 radical (unpaired) electrons. The summed E-state index contributed by atoms with van der Waals surface area (Å²) >= 11 is 0. The van der Waals surface area contributed by atoms with Crippen molar-refractivity contribution in [3.8, 4) is 0 Å². The van der Waals surface area contributed by atoms with Crippen LogP contribution in [0.15, 0.2) is 6.07 Å². The first-order chi connectivity index (χ1) is 8.36. The predicted molar refractivity (Wildman–Crippen MR) is 58.9 cm³/mol. The van der Waals surface area contributed by atoms with Crippen molar-refractivity contribution in [2.75, 3.05) is 17.7 Å². The third-order valence-corrected chi connectivity index (χ3v) is 2.74. The number of rotatable bonds is 2. The van der Waals surface area contributed by atoms with E-state index < -0.39 is 17.8 Å². The van der Waals surface area contributed by atoms with Crippen LogP contribution in [0.25, 0.3) is 0 Å². The van der Waals surface area contributed by atoms with Crippen LogP contribution < -0.4 is 11.1 Å². The summed E-state index contributed by atoms with van der Waals surface area (Å²) in [6, 6.07) is 0.780. The number of halogens is 3. The van der Waals surface area contributed by atoms with E-state index in [0.29, 0.717) is 13.0 Å². The Bertz CT molecular complexity index is 438. The third kappa shape index (κ3) is 2.81. The normalized spacial score (nSPS) is 24.2. The highest BCUT2D eigenvalue weighted by molar-refractivity contribution is 5.42. The van der Waals surface area contributed by atoms with Gasteiger partial charge in [-0.3, -0.25) is 0 Å². The standard InChI is InChI=1S/C10H13F3N4O/c1-5-6(2-3-18-5)15-8-4-7(10(11,12)13)16-9(14)17-8/h4-6H,2-3H2,1H3,(H3,14,15,16,17). The molecule has 0 bridgehead atoms. The van der Waals surface area contributed by atoms with Gasteiger partial charge in [0.05, 0.1) is 12.1 Å². The Kier molecular flexibility index (Phi) is 3.29. The molecule has 1 aromatic heterocycles. The summed E-state index contributed by atoms with van der Waals surface area (Å²) in [5.41, 5.74) is 4.22. The number of nitrogens with one attached hydrogen (secondary N) is 1. The first-order valence-corrected chi connectivity index (χ1v) is 5.46. The zero-order valence-electron chi connectivity index (χ0n) is 9.66. The number of hydrogen-bond acceptors (Lipinski definition) is 5. The van der Waals surface area contributed by atoms with Gasteiger partial charge >= 0.3 is 6.18 Å². The lowest BCUT2D eigenvalue weighted by Gasteiger charge is -2.17. The van der Waals surface area contributed by atoms with Crippen molar-refractivity contribution in [3.05, 3.63) is 11.8 Å². The van der Waals surface area contributed by atoms with Crippen LogP contribution in [0.2, 0.25) is 0 Å². The summed E-state index contributed by atoms with van der Waals surface area (Å²) in [5.74, 6) is -0.337. The van der Waals surface area contributed by atoms with Crippen molar-refractivity contribution < 1.29 is 17.9 Å². The molecule has 2 heterocycles. The molecule has 0 aromatic carbocycles. The Morgan fingerprint density at radius 1 is 1.44 bits per heavy atom. The number of hydrogen-bond donors (Lipinski definition) is 2. The molecule has 0 spiro atoms. The van der Waals surface area contributed by atoms with Gasteiger partial charge in [-0.1, -0.05) is 0 Å². The van der Waals surface area contributed by atoms with Gasteiger partial charge in [-0.25, -0.2) is 4.98 Å². The van der Waals surface area contributed by atoms with Gasteiger partial charge in [0.15, 0.2) is 5.69 Å². The summed E-state index contributed by atoms with van der Waals surface area (Å²) < 4.78 is 42.9. The monoisotopic (exact) mass is 262 g/mol. The Morgan fingerprint density at radius 3 is 2.72 bits per heavy atom. The number of alkyl halides is 3. The smallest absolute Gasteiger partial charge is 0.376 e. The van der Waals surface area contributed by atoms with E-state index in [2.05, 4.69) is 15.3 Å². The number of ether oxygens (including phenoxy) is 1. The second-order valence-corrected chi connectivity index (χ2v) is 4.11. The maximum absolute atomic E-state index is 12.5. The Labute approximate surface area is 102 Å². The van der Waals surface area contributed by atoms with Gasteiger partial charge in [-0.15, -0.1) is 0 Å². The molecule has 18 heavy (non-hydrogen) atoms. The van der Waals surface area contributed by atoms with Gasteiger partial charge in [-0.05, 0) is 13.3 Å². The van der Waals surface area contributed by atoms with Crippen LogP contribution in [-0.2, 0) is 10.9 Å². The molecule has 0 aliphatic carbocycles. The molecular formula is C10H13F3N4O. The minimum absolute atomic E-state index is 0.0668. The zero-order chi connectivity index (χ0) is 13.3. The molecule has 1 aliphatic heterocycles. The molecule has 100 valence electrons. The fraction of sp³-hybridized carbons (Fsp3) is 0.600. The minimum Gasteiger partial charge on any atom is -0.376 e. The number of aromatic nitrogens is 2. The van der Waals surface area contributed by atoms with E-state index >= 15 is 0 Å². The van der Waals surface area contributed by atoms with Crippen LogP contribution >= 0.6 is 0 Å². The van der Waals surface area contributed by atoms with E-state index in [1.807, 2.05) is 6.92 Å². The maximum Gasteiger partial charge on any atom is 0.433 e. The van der Waals surface area contributed by atoms with Gasteiger partial charge < -0.3 is 15.8 Å². The topological polar surface area (TPSA) is 73.1 Å². The van der Waals surface area contributed by atoms with E-state index in [4.69, 9.17) is 10.5 Å².